The molecule has 2 nitrogen and oxygen atoms in total. The molecule has 0 saturated carbocycles. The molecular formula is C14H19NOS. The molecule has 92 valence electrons. The highest BCUT2D eigenvalue weighted by Crippen LogP contribution is 2.09. The lowest BCUT2D eigenvalue weighted by atomic mass is 10.1. The Morgan fingerprint density at radius 1 is 1.41 bits per heavy atom. The van der Waals surface area contributed by atoms with E-state index in [9.17, 15) is 4.79 Å². The van der Waals surface area contributed by atoms with Gasteiger partial charge in [0.05, 0.1) is 6.42 Å². The Morgan fingerprint density at radius 3 is 2.59 bits per heavy atom. The van der Waals surface area contributed by atoms with Gasteiger partial charge in [-0.3, -0.25) is 4.79 Å². The lowest BCUT2D eigenvalue weighted by molar-refractivity contribution is -0.130. The molecule has 3 heteroatoms. The molecule has 17 heavy (non-hydrogen) atoms. The average molecular weight is 249 g/mol. The van der Waals surface area contributed by atoms with Gasteiger partial charge in [0.2, 0.25) is 5.91 Å². The first-order valence-corrected chi connectivity index (χ1v) is 6.28. The van der Waals surface area contributed by atoms with Crippen LogP contribution in [0, 0.1) is 0 Å². The molecule has 0 aliphatic heterocycles. The van der Waals surface area contributed by atoms with E-state index >= 15 is 0 Å². The fourth-order valence-electron chi connectivity index (χ4n) is 1.64. The van der Waals surface area contributed by atoms with Crippen molar-refractivity contribution in [3.05, 3.63) is 42.5 Å². The molecule has 0 heterocycles. The molecule has 0 atom stereocenters. The maximum Gasteiger partial charge on any atom is 0.227 e. The fraction of sp³-hybridized carbons (Fsp3) is 0.357. The summed E-state index contributed by atoms with van der Waals surface area (Å²) < 4.78 is 0. The largest absolute Gasteiger partial charge is 0.339 e. The number of carbonyl (C=O) groups excluding carboxylic acids is 1. The highest BCUT2D eigenvalue weighted by Gasteiger charge is 2.11. The van der Waals surface area contributed by atoms with Crippen molar-refractivity contribution in [1.29, 1.82) is 0 Å². The van der Waals surface area contributed by atoms with Gasteiger partial charge in [-0.25, -0.2) is 0 Å². The zero-order valence-electron chi connectivity index (χ0n) is 10.2. The number of benzene rings is 1. The smallest absolute Gasteiger partial charge is 0.227 e. The molecule has 0 aliphatic rings. The van der Waals surface area contributed by atoms with E-state index in [1.54, 1.807) is 6.08 Å². The van der Waals surface area contributed by atoms with Crippen LogP contribution in [0.1, 0.15) is 18.9 Å². The molecular weight excluding hydrogens is 230 g/mol. The monoisotopic (exact) mass is 249 g/mol. The summed E-state index contributed by atoms with van der Waals surface area (Å²) in [5.41, 5.74) is 1.03. The van der Waals surface area contributed by atoms with Crippen LogP contribution >= 0.6 is 12.6 Å². The van der Waals surface area contributed by atoms with Crippen LogP contribution in [0.4, 0.5) is 0 Å². The second kappa shape index (κ2) is 7.17. The van der Waals surface area contributed by atoms with Crippen molar-refractivity contribution in [1.82, 2.24) is 4.90 Å². The molecule has 0 saturated heterocycles. The van der Waals surface area contributed by atoms with Crippen molar-refractivity contribution in [2.24, 2.45) is 0 Å². The van der Waals surface area contributed by atoms with Crippen LogP contribution in [-0.2, 0) is 11.2 Å². The van der Waals surface area contributed by atoms with Crippen molar-refractivity contribution in [2.45, 2.75) is 24.7 Å². The summed E-state index contributed by atoms with van der Waals surface area (Å²) in [6.45, 7) is 7.16. The SMILES string of the molecule is C=CCN(CCC)C(=O)Cc1ccc(S)cc1. The molecule has 0 radical (unpaired) electrons. The Kier molecular flexibility index (Phi) is 5.84. The van der Waals surface area contributed by atoms with E-state index in [2.05, 4.69) is 26.1 Å². The van der Waals surface area contributed by atoms with E-state index in [1.165, 1.54) is 0 Å². The molecule has 0 N–H and O–H groups in total. The first-order valence-electron chi connectivity index (χ1n) is 5.84. The molecule has 0 spiro atoms. The third kappa shape index (κ3) is 4.65. The minimum atomic E-state index is 0.152. The maximum absolute atomic E-state index is 12.0. The number of amides is 1. The quantitative estimate of drug-likeness (QED) is 0.607. The van der Waals surface area contributed by atoms with E-state index in [4.69, 9.17) is 0 Å². The minimum absolute atomic E-state index is 0.152. The predicted molar refractivity (Wildman–Crippen MR) is 74.5 cm³/mol. The van der Waals surface area contributed by atoms with Gasteiger partial charge in [0.1, 0.15) is 0 Å². The summed E-state index contributed by atoms with van der Waals surface area (Å²) in [5.74, 6) is 0.152. The zero-order chi connectivity index (χ0) is 12.7. The Bertz CT molecular complexity index is 372. The van der Waals surface area contributed by atoms with Crippen LogP contribution in [-0.4, -0.2) is 23.9 Å². The van der Waals surface area contributed by atoms with Crippen molar-refractivity contribution in [2.75, 3.05) is 13.1 Å². The average Bonchev–Trinajstić information content (AvgIpc) is 2.32. The number of carbonyl (C=O) groups is 1. The van der Waals surface area contributed by atoms with Gasteiger partial charge in [0.15, 0.2) is 0 Å². The highest BCUT2D eigenvalue weighted by molar-refractivity contribution is 7.80. The van der Waals surface area contributed by atoms with Crippen LogP contribution in [0.2, 0.25) is 0 Å². The fourth-order valence-corrected chi connectivity index (χ4v) is 1.79. The van der Waals surface area contributed by atoms with Crippen molar-refractivity contribution >= 4 is 18.5 Å². The normalized spacial score (nSPS) is 10.0. The predicted octanol–water partition coefficient (Wildman–Crippen LogP) is 2.94. The summed E-state index contributed by atoms with van der Waals surface area (Å²) in [4.78, 5) is 14.8. The molecule has 0 aromatic heterocycles. The number of hydrogen-bond acceptors (Lipinski definition) is 2. The van der Waals surface area contributed by atoms with Gasteiger partial charge in [-0.2, -0.15) is 0 Å². The molecule has 1 amide bonds. The molecule has 1 aromatic rings. The van der Waals surface area contributed by atoms with E-state index in [1.807, 2.05) is 29.2 Å². The van der Waals surface area contributed by atoms with Gasteiger partial charge in [-0.05, 0) is 24.1 Å². The van der Waals surface area contributed by atoms with E-state index in [0.717, 1.165) is 23.4 Å². The second-order valence-corrected chi connectivity index (χ2v) is 4.49. The zero-order valence-corrected chi connectivity index (χ0v) is 11.1. The topological polar surface area (TPSA) is 20.3 Å². The third-order valence-corrected chi connectivity index (χ3v) is 2.79. The third-order valence-electron chi connectivity index (χ3n) is 2.49. The van der Waals surface area contributed by atoms with Crippen LogP contribution in [0.5, 0.6) is 0 Å². The standard InChI is InChI=1S/C14H19NOS/c1-3-9-15(10-4-2)14(16)11-12-5-7-13(17)8-6-12/h3,5-8,17H,1,4,9-11H2,2H3. The first-order chi connectivity index (χ1) is 8.17. The summed E-state index contributed by atoms with van der Waals surface area (Å²) in [7, 11) is 0. The lowest BCUT2D eigenvalue weighted by Crippen LogP contribution is -2.33. The van der Waals surface area contributed by atoms with Crippen molar-refractivity contribution in [3.8, 4) is 0 Å². The summed E-state index contributed by atoms with van der Waals surface area (Å²) >= 11 is 4.22. The second-order valence-electron chi connectivity index (χ2n) is 3.97. The molecule has 1 rings (SSSR count). The summed E-state index contributed by atoms with van der Waals surface area (Å²) in [6, 6.07) is 7.70. The highest BCUT2D eigenvalue weighted by atomic mass is 32.1. The van der Waals surface area contributed by atoms with Gasteiger partial charge >= 0.3 is 0 Å². The van der Waals surface area contributed by atoms with Crippen molar-refractivity contribution in [3.63, 3.8) is 0 Å². The number of hydrogen-bond donors (Lipinski definition) is 1. The van der Waals surface area contributed by atoms with Crippen molar-refractivity contribution < 1.29 is 4.79 Å². The molecule has 0 fully saturated rings. The Labute approximate surface area is 109 Å². The van der Waals surface area contributed by atoms with Gasteiger partial charge in [-0.1, -0.05) is 25.1 Å². The van der Waals surface area contributed by atoms with Gasteiger partial charge in [0.25, 0.3) is 0 Å². The van der Waals surface area contributed by atoms with Crippen LogP contribution in [0.3, 0.4) is 0 Å². The first kappa shape index (κ1) is 13.8. The van der Waals surface area contributed by atoms with Crippen LogP contribution in [0.25, 0.3) is 0 Å². The van der Waals surface area contributed by atoms with E-state index in [0.29, 0.717) is 13.0 Å². The molecule has 1 aromatic carbocycles. The van der Waals surface area contributed by atoms with Gasteiger partial charge < -0.3 is 4.90 Å². The van der Waals surface area contributed by atoms with Gasteiger partial charge in [0, 0.05) is 18.0 Å². The Hall–Kier alpha value is -1.22. The summed E-state index contributed by atoms with van der Waals surface area (Å²) in [6.07, 6.45) is 3.18. The molecule has 0 unspecified atom stereocenters. The number of nitrogens with zero attached hydrogens (tertiary/aromatic N) is 1. The lowest BCUT2D eigenvalue weighted by Gasteiger charge is -2.20. The molecule has 0 aliphatic carbocycles. The maximum atomic E-state index is 12.0. The Balaban J connectivity index is 2.62. The van der Waals surface area contributed by atoms with E-state index in [-0.39, 0.29) is 5.91 Å². The van der Waals surface area contributed by atoms with Crippen LogP contribution in [0.15, 0.2) is 41.8 Å². The number of rotatable bonds is 6. The summed E-state index contributed by atoms with van der Waals surface area (Å²) in [5, 5.41) is 0. The number of thiol groups is 1. The minimum Gasteiger partial charge on any atom is -0.339 e. The molecule has 0 bridgehead atoms. The Morgan fingerprint density at radius 2 is 2.06 bits per heavy atom. The van der Waals surface area contributed by atoms with Crippen LogP contribution < -0.4 is 0 Å². The van der Waals surface area contributed by atoms with Gasteiger partial charge in [-0.15, -0.1) is 19.2 Å². The van der Waals surface area contributed by atoms with E-state index < -0.39 is 0 Å².